The van der Waals surface area contributed by atoms with Gasteiger partial charge in [0.05, 0.1) is 11.1 Å². The maximum atomic E-state index is 11.8. The van der Waals surface area contributed by atoms with E-state index in [-0.39, 0.29) is 23.1 Å². The largest absolute Gasteiger partial charge is 0.478 e. The third-order valence-electron chi connectivity index (χ3n) is 3.61. The van der Waals surface area contributed by atoms with Gasteiger partial charge in [-0.25, -0.2) is 14.2 Å². The van der Waals surface area contributed by atoms with Crippen molar-refractivity contribution >= 4 is 40.1 Å². The van der Waals surface area contributed by atoms with E-state index in [0.717, 1.165) is 0 Å². The Balaban J connectivity index is 2.13. The van der Waals surface area contributed by atoms with Crippen molar-refractivity contribution in [2.75, 3.05) is 0 Å². The quantitative estimate of drug-likeness (QED) is 0.674. The highest BCUT2D eigenvalue weighted by molar-refractivity contribution is 6.30. The molecule has 0 saturated heterocycles. The first-order valence-electron chi connectivity index (χ1n) is 7.12. The minimum atomic E-state index is -1.35. The van der Waals surface area contributed by atoms with Crippen molar-refractivity contribution in [2.45, 2.75) is 6.42 Å². The van der Waals surface area contributed by atoms with Crippen molar-refractivity contribution in [3.63, 3.8) is 0 Å². The molecule has 3 rings (SSSR count). The molecule has 25 heavy (non-hydrogen) atoms. The van der Waals surface area contributed by atoms with Gasteiger partial charge in [0, 0.05) is 11.4 Å². The lowest BCUT2D eigenvalue weighted by Crippen LogP contribution is -2.13. The Kier molecular flexibility index (Phi) is 4.49. The second-order valence-corrected chi connectivity index (χ2v) is 5.67. The number of carboxylic acid groups (broad SMARTS) is 2. The second-order valence-electron chi connectivity index (χ2n) is 5.23. The first kappa shape index (κ1) is 16.7. The minimum absolute atomic E-state index is 0.0662. The monoisotopic (exact) mass is 358 g/mol. The fourth-order valence-corrected chi connectivity index (χ4v) is 2.57. The van der Waals surface area contributed by atoms with Crippen LogP contribution in [0.25, 0.3) is 16.6 Å². The maximum Gasteiger partial charge on any atom is 0.336 e. The zero-order valence-corrected chi connectivity index (χ0v) is 13.4. The summed E-state index contributed by atoms with van der Waals surface area (Å²) in [4.78, 5) is 23.5. The Bertz CT molecular complexity index is 992. The van der Waals surface area contributed by atoms with Gasteiger partial charge in [0.25, 0.3) is 0 Å². The molecule has 0 bridgehead atoms. The number of hydrogen-bond acceptors (Lipinski definition) is 5. The van der Waals surface area contributed by atoms with Crippen molar-refractivity contribution in [3.8, 4) is 0 Å². The molecule has 7 nitrogen and oxygen atoms in total. The van der Waals surface area contributed by atoms with Gasteiger partial charge in [-0.3, -0.25) is 0 Å². The van der Waals surface area contributed by atoms with Gasteiger partial charge in [0.1, 0.15) is 11.0 Å². The summed E-state index contributed by atoms with van der Waals surface area (Å²) in [5.41, 5.74) is 1.07. The number of aromatic nitrogens is 2. The zero-order valence-electron chi connectivity index (χ0n) is 12.6. The van der Waals surface area contributed by atoms with E-state index in [9.17, 15) is 19.8 Å². The Morgan fingerprint density at radius 1 is 0.960 bits per heavy atom. The SMILES string of the molecule is O=C(O)/C(Cc1ccc(Cl)cc1)=C(\C(=O)O)c1ccc2nonc2c1. The van der Waals surface area contributed by atoms with Crippen molar-refractivity contribution in [1.82, 2.24) is 10.3 Å². The molecule has 0 amide bonds. The lowest BCUT2D eigenvalue weighted by atomic mass is 9.94. The van der Waals surface area contributed by atoms with Crippen LogP contribution in [0.4, 0.5) is 0 Å². The van der Waals surface area contributed by atoms with Gasteiger partial charge in [-0.1, -0.05) is 29.8 Å². The first-order chi connectivity index (χ1) is 12.0. The number of nitrogens with zero attached hydrogens (tertiary/aromatic N) is 2. The summed E-state index contributed by atoms with van der Waals surface area (Å²) < 4.78 is 4.58. The van der Waals surface area contributed by atoms with Crippen molar-refractivity contribution in [2.24, 2.45) is 0 Å². The molecule has 3 aromatic rings. The Morgan fingerprint density at radius 2 is 1.64 bits per heavy atom. The number of fused-ring (bicyclic) bond motifs is 1. The van der Waals surface area contributed by atoms with E-state index in [1.165, 1.54) is 18.2 Å². The highest BCUT2D eigenvalue weighted by Gasteiger charge is 2.23. The van der Waals surface area contributed by atoms with E-state index in [2.05, 4.69) is 14.9 Å². The van der Waals surface area contributed by atoms with Crippen LogP contribution in [0.3, 0.4) is 0 Å². The van der Waals surface area contributed by atoms with Gasteiger partial charge >= 0.3 is 11.9 Å². The molecule has 0 spiro atoms. The third kappa shape index (κ3) is 3.51. The smallest absolute Gasteiger partial charge is 0.336 e. The summed E-state index contributed by atoms with van der Waals surface area (Å²) in [7, 11) is 0. The van der Waals surface area contributed by atoms with Crippen LogP contribution in [-0.2, 0) is 16.0 Å². The fraction of sp³-hybridized carbons (Fsp3) is 0.0588. The summed E-state index contributed by atoms with van der Waals surface area (Å²) in [6.45, 7) is 0. The van der Waals surface area contributed by atoms with Gasteiger partial charge in [-0.15, -0.1) is 0 Å². The lowest BCUT2D eigenvalue weighted by Gasteiger charge is -2.10. The molecule has 0 saturated carbocycles. The highest BCUT2D eigenvalue weighted by Crippen LogP contribution is 2.25. The Hall–Kier alpha value is -3.19. The van der Waals surface area contributed by atoms with Crippen LogP contribution in [0.2, 0.25) is 5.02 Å². The van der Waals surface area contributed by atoms with Crippen molar-refractivity contribution in [3.05, 3.63) is 64.2 Å². The van der Waals surface area contributed by atoms with Crippen LogP contribution < -0.4 is 0 Å². The van der Waals surface area contributed by atoms with Crippen LogP contribution >= 0.6 is 11.6 Å². The average Bonchev–Trinajstić information content (AvgIpc) is 3.03. The van der Waals surface area contributed by atoms with Gasteiger partial charge in [-0.2, -0.15) is 0 Å². The number of aliphatic carboxylic acids is 2. The molecule has 0 unspecified atom stereocenters. The summed E-state index contributed by atoms with van der Waals surface area (Å²) >= 11 is 5.82. The summed E-state index contributed by atoms with van der Waals surface area (Å²) in [5, 5.41) is 26.9. The predicted molar refractivity (Wildman–Crippen MR) is 89.2 cm³/mol. The van der Waals surface area contributed by atoms with E-state index in [4.69, 9.17) is 11.6 Å². The molecule has 1 aromatic heterocycles. The first-order valence-corrected chi connectivity index (χ1v) is 7.50. The van der Waals surface area contributed by atoms with Crippen LogP contribution in [0, 0.1) is 0 Å². The van der Waals surface area contributed by atoms with Crippen LogP contribution in [-0.4, -0.2) is 32.5 Å². The molecular formula is C17H11ClN2O5. The molecule has 1 heterocycles. The van der Waals surface area contributed by atoms with Crippen LogP contribution in [0.1, 0.15) is 11.1 Å². The number of rotatable bonds is 5. The highest BCUT2D eigenvalue weighted by atomic mass is 35.5. The predicted octanol–water partition coefficient (Wildman–Crippen LogP) is 3.04. The molecule has 0 atom stereocenters. The average molecular weight is 359 g/mol. The number of carbonyl (C=O) groups is 2. The van der Waals surface area contributed by atoms with E-state index in [1.807, 2.05) is 0 Å². The molecule has 0 aliphatic carbocycles. The molecular weight excluding hydrogens is 348 g/mol. The van der Waals surface area contributed by atoms with Gasteiger partial charge in [0.2, 0.25) is 0 Å². The maximum absolute atomic E-state index is 11.8. The van der Waals surface area contributed by atoms with Gasteiger partial charge in [0.15, 0.2) is 0 Å². The number of carboxylic acids is 2. The lowest BCUT2D eigenvalue weighted by molar-refractivity contribution is -0.134. The molecule has 8 heteroatoms. The van der Waals surface area contributed by atoms with E-state index < -0.39 is 11.9 Å². The van der Waals surface area contributed by atoms with E-state index in [0.29, 0.717) is 21.6 Å². The minimum Gasteiger partial charge on any atom is -0.478 e. The number of benzene rings is 2. The fourth-order valence-electron chi connectivity index (χ4n) is 2.44. The molecule has 0 aliphatic rings. The Morgan fingerprint density at radius 3 is 2.28 bits per heavy atom. The van der Waals surface area contributed by atoms with Crippen molar-refractivity contribution in [1.29, 1.82) is 0 Å². The molecule has 0 aliphatic heterocycles. The van der Waals surface area contributed by atoms with Gasteiger partial charge < -0.3 is 10.2 Å². The molecule has 126 valence electrons. The van der Waals surface area contributed by atoms with Gasteiger partial charge in [-0.05, 0) is 45.7 Å². The van der Waals surface area contributed by atoms with Crippen molar-refractivity contribution < 1.29 is 24.4 Å². The van der Waals surface area contributed by atoms with E-state index >= 15 is 0 Å². The summed E-state index contributed by atoms with van der Waals surface area (Å²) in [6.07, 6.45) is -0.0662. The summed E-state index contributed by atoms with van der Waals surface area (Å²) in [5.74, 6) is -2.66. The molecule has 0 fully saturated rings. The second kappa shape index (κ2) is 6.74. The normalized spacial score (nSPS) is 12.0. The van der Waals surface area contributed by atoms with E-state index in [1.54, 1.807) is 24.3 Å². The third-order valence-corrected chi connectivity index (χ3v) is 3.86. The van der Waals surface area contributed by atoms with Crippen LogP contribution in [0.5, 0.6) is 0 Å². The molecule has 0 radical (unpaired) electrons. The number of halogens is 1. The standard InChI is InChI=1S/C17H11ClN2O5/c18-11-4-1-9(2-5-11)7-12(16(21)22)15(17(23)24)10-3-6-13-14(8-10)20-25-19-13/h1-6,8H,7H2,(H,21,22)(H,23,24)/b15-12-. The topological polar surface area (TPSA) is 114 Å². The Labute approximate surface area is 146 Å². The molecule has 2 aromatic carbocycles. The molecule has 2 N–H and O–H groups in total. The summed E-state index contributed by atoms with van der Waals surface area (Å²) in [6, 6.07) is 10.9. The zero-order chi connectivity index (χ0) is 18.0. The number of hydrogen-bond donors (Lipinski definition) is 2. The van der Waals surface area contributed by atoms with Crippen LogP contribution in [0.15, 0.2) is 52.7 Å².